The van der Waals surface area contributed by atoms with E-state index in [1.54, 1.807) is 0 Å². The normalized spacial score (nSPS) is 26.2. The summed E-state index contributed by atoms with van der Waals surface area (Å²) in [5.74, 6) is -0.760. The van der Waals surface area contributed by atoms with Gasteiger partial charge in [-0.3, -0.25) is 4.90 Å². The van der Waals surface area contributed by atoms with Gasteiger partial charge in [0.15, 0.2) is 5.41 Å². The summed E-state index contributed by atoms with van der Waals surface area (Å²) >= 11 is 0. The molecule has 0 aromatic heterocycles. The molecule has 3 rings (SSSR count). The van der Waals surface area contributed by atoms with Gasteiger partial charge in [-0.1, -0.05) is 25.1 Å². The van der Waals surface area contributed by atoms with Crippen LogP contribution in [-0.2, 0) is 0 Å². The van der Waals surface area contributed by atoms with Crippen LogP contribution in [0.4, 0.5) is 0 Å². The first-order chi connectivity index (χ1) is 13.6. The number of nitriles is 3. The van der Waals surface area contributed by atoms with Gasteiger partial charge >= 0.3 is 0 Å². The zero-order chi connectivity index (χ0) is 20.3. The summed E-state index contributed by atoms with van der Waals surface area (Å²) in [7, 11) is 0. The molecule has 1 aliphatic carbocycles. The second-order valence-corrected chi connectivity index (χ2v) is 7.15. The van der Waals surface area contributed by atoms with E-state index in [1.807, 2.05) is 37.3 Å². The summed E-state index contributed by atoms with van der Waals surface area (Å²) in [6.07, 6.45) is 2.01. The maximum atomic E-state index is 10.0. The van der Waals surface area contributed by atoms with Crippen molar-refractivity contribution in [2.75, 3.05) is 26.2 Å². The third-order valence-electron chi connectivity index (χ3n) is 5.86. The zero-order valence-corrected chi connectivity index (χ0v) is 16.1. The average Bonchev–Trinajstić information content (AvgIpc) is 2.73. The first kappa shape index (κ1) is 19.6. The van der Waals surface area contributed by atoms with E-state index in [4.69, 9.17) is 10.1 Å². The highest BCUT2D eigenvalue weighted by Gasteiger charge is 2.57. The molecule has 1 fully saturated rings. The first-order valence-electron chi connectivity index (χ1n) is 9.52. The molecule has 0 saturated heterocycles. The molecule has 2 aliphatic rings. The number of nitrogens with zero attached hydrogens (tertiary/aromatic N) is 4. The molecule has 0 bridgehead atoms. The molecule has 0 radical (unpaired) electrons. The Bertz CT molecular complexity index is 898. The van der Waals surface area contributed by atoms with E-state index in [-0.39, 0.29) is 11.6 Å². The molecule has 1 saturated carbocycles. The Balaban J connectivity index is 2.17. The lowest BCUT2D eigenvalue weighted by Crippen LogP contribution is -2.52. The lowest BCUT2D eigenvalue weighted by Gasteiger charge is -2.47. The lowest BCUT2D eigenvalue weighted by molar-refractivity contribution is 0.211. The second-order valence-electron chi connectivity index (χ2n) is 7.15. The third kappa shape index (κ3) is 2.95. The van der Waals surface area contributed by atoms with Crippen LogP contribution in [-0.4, -0.2) is 36.9 Å². The quantitative estimate of drug-likeness (QED) is 0.815. The van der Waals surface area contributed by atoms with E-state index in [9.17, 15) is 15.8 Å². The first-order valence-corrected chi connectivity index (χ1v) is 9.52. The van der Waals surface area contributed by atoms with Gasteiger partial charge in [-0.05, 0) is 36.7 Å². The third-order valence-corrected chi connectivity index (χ3v) is 5.86. The molecule has 1 aromatic carbocycles. The van der Waals surface area contributed by atoms with E-state index in [0.717, 1.165) is 30.0 Å². The van der Waals surface area contributed by atoms with Crippen LogP contribution in [0.15, 0.2) is 35.9 Å². The van der Waals surface area contributed by atoms with Crippen molar-refractivity contribution in [1.82, 2.24) is 4.90 Å². The fourth-order valence-corrected chi connectivity index (χ4v) is 4.44. The molecule has 6 heteroatoms. The molecule has 1 unspecified atom stereocenters. The topological polar surface area (TPSA) is 108 Å². The van der Waals surface area contributed by atoms with Crippen molar-refractivity contribution in [3.63, 3.8) is 0 Å². The van der Waals surface area contributed by atoms with Crippen molar-refractivity contribution in [2.24, 2.45) is 17.3 Å². The molecular weight excluding hydrogens is 350 g/mol. The average molecular weight is 373 g/mol. The Labute approximate surface area is 165 Å². The number of hydrogen-bond donors (Lipinski definition) is 1. The number of benzene rings is 1. The molecular formula is C22H23N5O. The van der Waals surface area contributed by atoms with Crippen LogP contribution >= 0.6 is 0 Å². The van der Waals surface area contributed by atoms with E-state index >= 15 is 0 Å². The molecule has 0 amide bonds. The Hall–Kier alpha value is -3.14. The highest BCUT2D eigenvalue weighted by atomic mass is 16.5. The van der Waals surface area contributed by atoms with E-state index in [0.29, 0.717) is 13.2 Å². The lowest BCUT2D eigenvalue weighted by atomic mass is 9.54. The van der Waals surface area contributed by atoms with E-state index in [1.165, 1.54) is 0 Å². The highest BCUT2D eigenvalue weighted by molar-refractivity contribution is 6.00. The molecule has 1 aromatic rings. The molecule has 1 heterocycles. The fourth-order valence-electron chi connectivity index (χ4n) is 4.44. The number of nitrogens with one attached hydrogen (secondary N) is 1. The van der Waals surface area contributed by atoms with Gasteiger partial charge in [0.05, 0.1) is 30.5 Å². The summed E-state index contributed by atoms with van der Waals surface area (Å²) in [6.45, 7) is 6.76. The van der Waals surface area contributed by atoms with Crippen molar-refractivity contribution in [2.45, 2.75) is 19.8 Å². The number of rotatable bonds is 4. The van der Waals surface area contributed by atoms with Gasteiger partial charge in [0, 0.05) is 24.9 Å². The Morgan fingerprint density at radius 3 is 2.39 bits per heavy atom. The number of ether oxygens (including phenoxy) is 1. The fraction of sp³-hybridized carbons (Fsp3) is 0.455. The SMILES string of the molecule is CCOc1ccc([C@H]2[C@@H]3CN(CC)CC=C3C(C#N)C(=N)C2(C#N)C#N)cc1. The van der Waals surface area contributed by atoms with Crippen LogP contribution in [0.2, 0.25) is 0 Å². The molecule has 1 aliphatic heterocycles. The number of likely N-dealkylation sites (N-methyl/N-ethyl adjacent to an activating group) is 1. The molecule has 3 atom stereocenters. The maximum absolute atomic E-state index is 10.0. The largest absolute Gasteiger partial charge is 0.494 e. The molecule has 28 heavy (non-hydrogen) atoms. The molecule has 1 N–H and O–H groups in total. The van der Waals surface area contributed by atoms with Crippen molar-refractivity contribution in [1.29, 1.82) is 21.2 Å². The van der Waals surface area contributed by atoms with Gasteiger partial charge in [-0.15, -0.1) is 0 Å². The second kappa shape index (κ2) is 7.85. The van der Waals surface area contributed by atoms with Crippen molar-refractivity contribution in [3.8, 4) is 24.0 Å². The molecule has 142 valence electrons. The smallest absolute Gasteiger partial charge is 0.189 e. The summed E-state index contributed by atoms with van der Waals surface area (Å²) in [6, 6.07) is 13.8. The number of fused-ring (bicyclic) bond motifs is 1. The standard InChI is InChI=1S/C22H23N5O/c1-3-27-10-9-17-18(11-23)21(26)22(13-24,14-25)20(19(17)12-27)15-5-7-16(8-6-15)28-4-2/h5-9,18-20,26H,3-4,10,12H2,1-2H3/t18?,19-,20+/m1/s1. The van der Waals surface area contributed by atoms with Crippen LogP contribution in [0.25, 0.3) is 0 Å². The summed E-state index contributed by atoms with van der Waals surface area (Å²) in [5, 5.41) is 38.4. The summed E-state index contributed by atoms with van der Waals surface area (Å²) in [4.78, 5) is 2.23. The number of hydrogen-bond acceptors (Lipinski definition) is 6. The van der Waals surface area contributed by atoms with Gasteiger partial charge in [-0.2, -0.15) is 15.8 Å². The van der Waals surface area contributed by atoms with Gasteiger partial charge in [0.1, 0.15) is 11.7 Å². The highest BCUT2D eigenvalue weighted by Crippen LogP contribution is 2.53. The van der Waals surface area contributed by atoms with Gasteiger partial charge in [0.2, 0.25) is 0 Å². The van der Waals surface area contributed by atoms with Gasteiger partial charge in [-0.25, -0.2) is 0 Å². The van der Waals surface area contributed by atoms with Crippen molar-refractivity contribution < 1.29 is 4.74 Å². The Morgan fingerprint density at radius 2 is 1.86 bits per heavy atom. The van der Waals surface area contributed by atoms with Gasteiger partial charge < -0.3 is 10.1 Å². The summed E-state index contributed by atoms with van der Waals surface area (Å²) in [5.41, 5.74) is -0.0724. The van der Waals surface area contributed by atoms with E-state index in [2.05, 4.69) is 30.0 Å². The Morgan fingerprint density at radius 1 is 1.18 bits per heavy atom. The van der Waals surface area contributed by atoms with E-state index < -0.39 is 17.3 Å². The van der Waals surface area contributed by atoms with Crippen molar-refractivity contribution in [3.05, 3.63) is 41.5 Å². The van der Waals surface area contributed by atoms with Crippen molar-refractivity contribution >= 4 is 5.71 Å². The molecule has 6 nitrogen and oxygen atoms in total. The Kier molecular flexibility index (Phi) is 5.50. The van der Waals surface area contributed by atoms with Gasteiger partial charge in [0.25, 0.3) is 0 Å². The minimum Gasteiger partial charge on any atom is -0.494 e. The van der Waals surface area contributed by atoms with Crippen LogP contribution in [0.5, 0.6) is 5.75 Å². The maximum Gasteiger partial charge on any atom is 0.189 e. The monoisotopic (exact) mass is 373 g/mol. The minimum absolute atomic E-state index is 0.105. The summed E-state index contributed by atoms with van der Waals surface area (Å²) < 4.78 is 5.51. The minimum atomic E-state index is -1.66. The van der Waals surface area contributed by atoms with Crippen LogP contribution in [0.1, 0.15) is 25.3 Å². The van der Waals surface area contributed by atoms with Crippen LogP contribution in [0.3, 0.4) is 0 Å². The predicted molar refractivity (Wildman–Crippen MR) is 105 cm³/mol. The molecule has 0 spiro atoms. The predicted octanol–water partition coefficient (Wildman–Crippen LogP) is 3.25. The van der Waals surface area contributed by atoms with Crippen LogP contribution < -0.4 is 4.74 Å². The zero-order valence-electron chi connectivity index (χ0n) is 16.1. The van der Waals surface area contributed by atoms with Crippen LogP contribution in [0, 0.1) is 56.7 Å².